The van der Waals surface area contributed by atoms with Crippen molar-refractivity contribution in [1.29, 1.82) is 0 Å². The maximum Gasteiger partial charge on any atom is 0.269 e. The number of carbonyl (C=O) groups is 1. The molecule has 0 atom stereocenters. The zero-order chi connectivity index (χ0) is 13.7. The highest BCUT2D eigenvalue weighted by Crippen LogP contribution is 2.20. The maximum absolute atomic E-state index is 11.6. The predicted molar refractivity (Wildman–Crippen MR) is 74.6 cm³/mol. The van der Waals surface area contributed by atoms with Crippen molar-refractivity contribution >= 4 is 40.4 Å². The summed E-state index contributed by atoms with van der Waals surface area (Å²) in [5, 5.41) is 15.0. The Morgan fingerprint density at radius 1 is 1.42 bits per heavy atom. The van der Waals surface area contributed by atoms with Gasteiger partial charge in [-0.15, -0.1) is 11.3 Å². The van der Waals surface area contributed by atoms with Crippen molar-refractivity contribution in [3.05, 3.63) is 46.0 Å². The van der Waals surface area contributed by atoms with Gasteiger partial charge in [-0.3, -0.25) is 14.9 Å². The van der Waals surface area contributed by atoms with Gasteiger partial charge in [-0.05, 0) is 12.1 Å². The fraction of sp³-hybridized carbons (Fsp3) is 0.0909. The number of thiazole rings is 1. The first-order valence-electron chi connectivity index (χ1n) is 5.22. The van der Waals surface area contributed by atoms with E-state index in [2.05, 4.69) is 10.3 Å². The molecule has 0 bridgehead atoms. The van der Waals surface area contributed by atoms with Crippen molar-refractivity contribution in [2.45, 2.75) is 4.34 Å². The standard InChI is InChI=1S/C11H9N3O3S2/c15-10(7-19-11-12-5-6-18-11)13-8-1-3-9(4-2-8)14(16)17/h1-6H,7H2,(H,13,15). The number of hydrogen-bond donors (Lipinski definition) is 1. The van der Waals surface area contributed by atoms with Crippen molar-refractivity contribution in [1.82, 2.24) is 4.98 Å². The summed E-state index contributed by atoms with van der Waals surface area (Å²) in [7, 11) is 0. The zero-order valence-corrected chi connectivity index (χ0v) is 11.2. The molecule has 0 aliphatic heterocycles. The number of non-ortho nitro benzene ring substituents is 1. The smallest absolute Gasteiger partial charge is 0.269 e. The molecule has 1 aromatic heterocycles. The Labute approximate surface area is 117 Å². The van der Waals surface area contributed by atoms with Crippen LogP contribution in [0, 0.1) is 10.1 Å². The Bertz CT molecular complexity index is 569. The van der Waals surface area contributed by atoms with Gasteiger partial charge in [0.05, 0.1) is 10.7 Å². The minimum Gasteiger partial charge on any atom is -0.325 e. The molecule has 0 aliphatic carbocycles. The lowest BCUT2D eigenvalue weighted by molar-refractivity contribution is -0.384. The van der Waals surface area contributed by atoms with Crippen LogP contribution >= 0.6 is 23.1 Å². The summed E-state index contributed by atoms with van der Waals surface area (Å²) >= 11 is 2.82. The number of thioether (sulfide) groups is 1. The molecule has 98 valence electrons. The molecule has 1 heterocycles. The van der Waals surface area contributed by atoms with Gasteiger partial charge in [-0.25, -0.2) is 4.98 Å². The van der Waals surface area contributed by atoms with Gasteiger partial charge in [-0.1, -0.05) is 11.8 Å². The largest absolute Gasteiger partial charge is 0.325 e. The minimum absolute atomic E-state index is 0.00448. The first-order chi connectivity index (χ1) is 9.15. The SMILES string of the molecule is O=C(CSc1nccs1)Nc1ccc([N+](=O)[O-])cc1. The minimum atomic E-state index is -0.482. The monoisotopic (exact) mass is 295 g/mol. The van der Waals surface area contributed by atoms with Crippen molar-refractivity contribution in [3.8, 4) is 0 Å². The molecule has 1 N–H and O–H groups in total. The Morgan fingerprint density at radius 3 is 2.74 bits per heavy atom. The van der Waals surface area contributed by atoms with Gasteiger partial charge >= 0.3 is 0 Å². The molecule has 2 aromatic rings. The van der Waals surface area contributed by atoms with Gasteiger partial charge in [-0.2, -0.15) is 0 Å². The molecule has 0 saturated carbocycles. The lowest BCUT2D eigenvalue weighted by atomic mass is 10.3. The normalized spacial score (nSPS) is 10.1. The summed E-state index contributed by atoms with van der Waals surface area (Å²) < 4.78 is 0.832. The summed E-state index contributed by atoms with van der Waals surface area (Å²) in [5.74, 6) is 0.0823. The first kappa shape index (κ1) is 13.5. The summed E-state index contributed by atoms with van der Waals surface area (Å²) in [5.41, 5.74) is 0.533. The zero-order valence-electron chi connectivity index (χ0n) is 9.61. The first-order valence-corrected chi connectivity index (χ1v) is 7.08. The highest BCUT2D eigenvalue weighted by Gasteiger charge is 2.07. The molecular weight excluding hydrogens is 286 g/mol. The molecular formula is C11H9N3O3S2. The Kier molecular flexibility index (Phi) is 4.48. The number of aromatic nitrogens is 1. The van der Waals surface area contributed by atoms with Gasteiger partial charge in [0.15, 0.2) is 0 Å². The topological polar surface area (TPSA) is 85.1 Å². The van der Waals surface area contributed by atoms with Crippen LogP contribution in [0.4, 0.5) is 11.4 Å². The van der Waals surface area contributed by atoms with E-state index in [1.54, 1.807) is 6.20 Å². The summed E-state index contributed by atoms with van der Waals surface area (Å²) in [6.45, 7) is 0. The number of rotatable bonds is 5. The number of nitrogens with zero attached hydrogens (tertiary/aromatic N) is 2. The van der Waals surface area contributed by atoms with E-state index in [9.17, 15) is 14.9 Å². The van der Waals surface area contributed by atoms with Crippen LogP contribution in [0.25, 0.3) is 0 Å². The van der Waals surface area contributed by atoms with Crippen LogP contribution in [-0.2, 0) is 4.79 Å². The van der Waals surface area contributed by atoms with Crippen LogP contribution in [0.2, 0.25) is 0 Å². The number of nitrogens with one attached hydrogen (secondary N) is 1. The van der Waals surface area contributed by atoms with Crippen LogP contribution < -0.4 is 5.32 Å². The number of amides is 1. The Hall–Kier alpha value is -1.93. The van der Waals surface area contributed by atoms with Crippen molar-refractivity contribution in [3.63, 3.8) is 0 Å². The molecule has 8 heteroatoms. The highest BCUT2D eigenvalue weighted by molar-refractivity contribution is 8.01. The summed E-state index contributed by atoms with van der Waals surface area (Å²) in [4.78, 5) is 25.7. The van der Waals surface area contributed by atoms with Crippen LogP contribution in [0.15, 0.2) is 40.2 Å². The van der Waals surface area contributed by atoms with E-state index in [-0.39, 0.29) is 17.3 Å². The summed E-state index contributed by atoms with van der Waals surface area (Å²) in [6.07, 6.45) is 1.68. The average molecular weight is 295 g/mol. The van der Waals surface area contributed by atoms with Gasteiger partial charge in [0, 0.05) is 29.4 Å². The number of anilines is 1. The fourth-order valence-corrected chi connectivity index (χ4v) is 2.71. The van der Waals surface area contributed by atoms with Crippen LogP contribution in [0.5, 0.6) is 0 Å². The van der Waals surface area contributed by atoms with E-state index < -0.39 is 4.92 Å². The molecule has 19 heavy (non-hydrogen) atoms. The Morgan fingerprint density at radius 2 is 2.16 bits per heavy atom. The third-order valence-electron chi connectivity index (χ3n) is 2.10. The molecule has 0 saturated heterocycles. The lowest BCUT2D eigenvalue weighted by Gasteiger charge is -2.03. The highest BCUT2D eigenvalue weighted by atomic mass is 32.2. The number of hydrogen-bond acceptors (Lipinski definition) is 6. The van der Waals surface area contributed by atoms with Crippen LogP contribution in [-0.4, -0.2) is 21.6 Å². The number of carbonyl (C=O) groups excluding carboxylic acids is 1. The fourth-order valence-electron chi connectivity index (χ4n) is 1.27. The van der Waals surface area contributed by atoms with Gasteiger partial charge in [0.25, 0.3) is 5.69 Å². The molecule has 2 rings (SSSR count). The molecule has 1 amide bonds. The third kappa shape index (κ3) is 4.04. The van der Waals surface area contributed by atoms with Crippen LogP contribution in [0.1, 0.15) is 0 Å². The number of nitro benzene ring substituents is 1. The second-order valence-corrected chi connectivity index (χ2v) is 5.56. The third-order valence-corrected chi connectivity index (χ3v) is 4.06. The van der Waals surface area contributed by atoms with E-state index >= 15 is 0 Å². The lowest BCUT2D eigenvalue weighted by Crippen LogP contribution is -2.13. The molecule has 6 nitrogen and oxygen atoms in total. The number of nitro groups is 1. The second-order valence-electron chi connectivity index (χ2n) is 3.44. The van der Waals surface area contributed by atoms with E-state index in [1.165, 1.54) is 47.4 Å². The van der Waals surface area contributed by atoms with E-state index in [0.29, 0.717) is 5.69 Å². The van der Waals surface area contributed by atoms with E-state index in [1.807, 2.05) is 5.38 Å². The molecule has 1 aromatic carbocycles. The quantitative estimate of drug-likeness (QED) is 0.521. The van der Waals surface area contributed by atoms with Crippen molar-refractivity contribution in [2.24, 2.45) is 0 Å². The second kappa shape index (κ2) is 6.30. The average Bonchev–Trinajstić information content (AvgIpc) is 2.90. The van der Waals surface area contributed by atoms with Crippen molar-refractivity contribution < 1.29 is 9.72 Å². The van der Waals surface area contributed by atoms with Gasteiger partial charge in [0.1, 0.15) is 4.34 Å². The molecule has 0 spiro atoms. The predicted octanol–water partition coefficient (Wildman–Crippen LogP) is 2.78. The molecule has 0 fully saturated rings. The Balaban J connectivity index is 1.86. The van der Waals surface area contributed by atoms with Gasteiger partial charge in [0.2, 0.25) is 5.91 Å². The molecule has 0 radical (unpaired) electrons. The number of benzene rings is 1. The maximum atomic E-state index is 11.6. The van der Waals surface area contributed by atoms with E-state index in [4.69, 9.17) is 0 Å². The van der Waals surface area contributed by atoms with Gasteiger partial charge < -0.3 is 5.32 Å². The molecule has 0 aliphatic rings. The van der Waals surface area contributed by atoms with Crippen LogP contribution in [0.3, 0.4) is 0 Å². The summed E-state index contributed by atoms with van der Waals surface area (Å²) in [6, 6.07) is 5.71. The molecule has 0 unspecified atom stereocenters. The van der Waals surface area contributed by atoms with E-state index in [0.717, 1.165) is 4.34 Å². The van der Waals surface area contributed by atoms with Crippen molar-refractivity contribution in [2.75, 3.05) is 11.1 Å².